The molecule has 2 rings (SSSR count). The quantitative estimate of drug-likeness (QED) is 0.897. The van der Waals surface area contributed by atoms with Crippen molar-refractivity contribution >= 4 is 17.4 Å². The molecule has 0 bridgehead atoms. The van der Waals surface area contributed by atoms with E-state index in [2.05, 4.69) is 24.4 Å². The summed E-state index contributed by atoms with van der Waals surface area (Å²) in [5.74, 6) is 0.227. The predicted molar refractivity (Wildman–Crippen MR) is 82.0 cm³/mol. The Morgan fingerprint density at radius 1 is 1.55 bits per heavy atom. The minimum absolute atomic E-state index is 0.0251. The number of carbonyl (C=O) groups excluding carboxylic acids is 1. The van der Waals surface area contributed by atoms with E-state index in [1.807, 2.05) is 6.92 Å². The molecule has 5 heteroatoms. The van der Waals surface area contributed by atoms with E-state index in [9.17, 15) is 9.90 Å². The van der Waals surface area contributed by atoms with E-state index in [1.54, 1.807) is 23.3 Å². The maximum atomic E-state index is 12.2. The van der Waals surface area contributed by atoms with E-state index in [4.69, 9.17) is 0 Å². The van der Waals surface area contributed by atoms with Crippen LogP contribution in [0.4, 0.5) is 4.79 Å². The first-order valence-electron chi connectivity index (χ1n) is 7.23. The number of urea groups is 1. The fourth-order valence-electron chi connectivity index (χ4n) is 2.72. The number of thiophene rings is 1. The van der Waals surface area contributed by atoms with Gasteiger partial charge in [-0.25, -0.2) is 4.79 Å². The van der Waals surface area contributed by atoms with Crippen molar-refractivity contribution in [2.24, 2.45) is 5.92 Å². The molecule has 2 amide bonds. The first-order valence-corrected chi connectivity index (χ1v) is 8.05. The van der Waals surface area contributed by atoms with Gasteiger partial charge < -0.3 is 15.3 Å². The van der Waals surface area contributed by atoms with E-state index in [0.29, 0.717) is 6.54 Å². The predicted octanol–water partition coefficient (Wildman–Crippen LogP) is 2.92. The van der Waals surface area contributed by atoms with Crippen LogP contribution in [0.15, 0.2) is 12.1 Å². The number of aryl methyl sites for hydroxylation is 1. The number of rotatable bonds is 4. The van der Waals surface area contributed by atoms with Gasteiger partial charge in [-0.05, 0) is 38.8 Å². The van der Waals surface area contributed by atoms with Crippen LogP contribution in [0.1, 0.15) is 42.0 Å². The number of aliphatic hydroxyl groups excluding tert-OH is 1. The van der Waals surface area contributed by atoms with Crippen LogP contribution >= 0.6 is 11.3 Å². The molecule has 0 saturated heterocycles. The Balaban J connectivity index is 1.84. The lowest BCUT2D eigenvalue weighted by molar-refractivity contribution is 0.113. The fraction of sp³-hybridized carbons (Fsp3) is 0.667. The summed E-state index contributed by atoms with van der Waals surface area (Å²) in [5, 5.41) is 12.8. The van der Waals surface area contributed by atoms with Gasteiger partial charge in [0.2, 0.25) is 0 Å². The molecule has 1 fully saturated rings. The highest BCUT2D eigenvalue weighted by Crippen LogP contribution is 2.26. The van der Waals surface area contributed by atoms with Gasteiger partial charge in [-0.3, -0.25) is 0 Å². The third-order valence-electron chi connectivity index (χ3n) is 4.00. The summed E-state index contributed by atoms with van der Waals surface area (Å²) < 4.78 is 0. The highest BCUT2D eigenvalue weighted by Gasteiger charge is 2.27. The fourth-order valence-corrected chi connectivity index (χ4v) is 3.60. The highest BCUT2D eigenvalue weighted by molar-refractivity contribution is 7.12. The second kappa shape index (κ2) is 6.59. The second-order valence-corrected chi connectivity index (χ2v) is 7.08. The first kappa shape index (κ1) is 15.3. The Morgan fingerprint density at radius 2 is 2.30 bits per heavy atom. The molecule has 112 valence electrons. The molecular weight excluding hydrogens is 272 g/mol. The summed E-state index contributed by atoms with van der Waals surface area (Å²) in [6.45, 7) is 4.70. The molecule has 1 aliphatic rings. The van der Waals surface area contributed by atoms with Crippen LogP contribution in [0, 0.1) is 12.8 Å². The van der Waals surface area contributed by atoms with Gasteiger partial charge >= 0.3 is 6.03 Å². The molecule has 1 heterocycles. The molecule has 1 saturated carbocycles. The summed E-state index contributed by atoms with van der Waals surface area (Å²) in [6.07, 6.45) is 2.69. The Kier molecular flexibility index (Phi) is 5.05. The van der Waals surface area contributed by atoms with Crippen LogP contribution in [0.3, 0.4) is 0 Å². The molecule has 2 N–H and O–H groups in total. The van der Waals surface area contributed by atoms with E-state index in [-0.39, 0.29) is 24.1 Å². The van der Waals surface area contributed by atoms with Crippen molar-refractivity contribution in [2.45, 2.75) is 45.3 Å². The number of hydrogen-bond donors (Lipinski definition) is 2. The average molecular weight is 296 g/mol. The first-order chi connectivity index (χ1) is 9.47. The molecular formula is C15H24N2O2S. The standard InChI is InChI=1S/C15H24N2O2S/c1-10-7-8-14(20-10)11(2)16-15(19)17(3)9-12-5-4-6-13(12)18/h7-8,11-13,18H,4-6,9H2,1-3H3,(H,16,19)/t11-,12-,13+/m0/s1. The van der Waals surface area contributed by atoms with Crippen molar-refractivity contribution in [3.8, 4) is 0 Å². The number of hydrogen-bond acceptors (Lipinski definition) is 3. The molecule has 0 aromatic carbocycles. The van der Waals surface area contributed by atoms with Crippen molar-refractivity contribution in [3.63, 3.8) is 0 Å². The van der Waals surface area contributed by atoms with Crippen molar-refractivity contribution in [1.82, 2.24) is 10.2 Å². The van der Waals surface area contributed by atoms with Crippen molar-refractivity contribution in [3.05, 3.63) is 21.9 Å². The number of amides is 2. The Bertz CT molecular complexity index is 460. The number of nitrogens with zero attached hydrogens (tertiary/aromatic N) is 1. The Labute approximate surface area is 124 Å². The van der Waals surface area contributed by atoms with Gasteiger partial charge in [0.05, 0.1) is 12.1 Å². The zero-order valence-electron chi connectivity index (χ0n) is 12.4. The second-order valence-electron chi connectivity index (χ2n) is 5.76. The molecule has 1 aromatic rings. The van der Waals surface area contributed by atoms with Crippen molar-refractivity contribution < 1.29 is 9.90 Å². The lowest BCUT2D eigenvalue weighted by Crippen LogP contribution is -2.41. The maximum absolute atomic E-state index is 12.2. The summed E-state index contributed by atoms with van der Waals surface area (Å²) >= 11 is 1.71. The normalized spacial score (nSPS) is 23.6. The van der Waals surface area contributed by atoms with Crippen molar-refractivity contribution in [1.29, 1.82) is 0 Å². The number of aliphatic hydroxyl groups is 1. The highest BCUT2D eigenvalue weighted by atomic mass is 32.1. The van der Waals surface area contributed by atoms with Crippen LogP contribution in [0.5, 0.6) is 0 Å². The summed E-state index contributed by atoms with van der Waals surface area (Å²) in [6, 6.07) is 4.09. The number of nitrogens with one attached hydrogen (secondary N) is 1. The minimum atomic E-state index is -0.248. The van der Waals surface area contributed by atoms with Crippen LogP contribution in [0.2, 0.25) is 0 Å². The molecule has 20 heavy (non-hydrogen) atoms. The Hall–Kier alpha value is -1.07. The van der Waals surface area contributed by atoms with Gasteiger partial charge in [-0.15, -0.1) is 11.3 Å². The lowest BCUT2D eigenvalue weighted by atomic mass is 10.1. The molecule has 0 aliphatic heterocycles. The smallest absolute Gasteiger partial charge is 0.317 e. The van der Waals surface area contributed by atoms with E-state index in [0.717, 1.165) is 19.3 Å². The van der Waals surface area contributed by atoms with E-state index < -0.39 is 0 Å². The molecule has 0 unspecified atom stereocenters. The molecule has 0 spiro atoms. The summed E-state index contributed by atoms with van der Waals surface area (Å²) in [4.78, 5) is 16.3. The topological polar surface area (TPSA) is 52.6 Å². The van der Waals surface area contributed by atoms with E-state index >= 15 is 0 Å². The lowest BCUT2D eigenvalue weighted by Gasteiger charge is -2.25. The van der Waals surface area contributed by atoms with Gasteiger partial charge in [0.1, 0.15) is 0 Å². The van der Waals surface area contributed by atoms with Gasteiger partial charge in [0, 0.05) is 29.3 Å². The third kappa shape index (κ3) is 3.73. The molecule has 0 radical (unpaired) electrons. The van der Waals surface area contributed by atoms with Gasteiger partial charge in [0.15, 0.2) is 0 Å². The molecule has 3 atom stereocenters. The minimum Gasteiger partial charge on any atom is -0.393 e. The van der Waals surface area contributed by atoms with E-state index in [1.165, 1.54) is 9.75 Å². The summed E-state index contributed by atoms with van der Waals surface area (Å²) in [5.41, 5.74) is 0. The zero-order chi connectivity index (χ0) is 14.7. The monoisotopic (exact) mass is 296 g/mol. The SMILES string of the molecule is Cc1ccc([C@H](C)NC(=O)N(C)C[C@@H]2CCC[C@H]2O)s1. The van der Waals surface area contributed by atoms with Crippen LogP contribution in [0.25, 0.3) is 0 Å². The summed E-state index contributed by atoms with van der Waals surface area (Å²) in [7, 11) is 1.80. The third-order valence-corrected chi connectivity index (χ3v) is 5.19. The van der Waals surface area contributed by atoms with Gasteiger partial charge in [0.25, 0.3) is 0 Å². The van der Waals surface area contributed by atoms with Gasteiger partial charge in [-0.2, -0.15) is 0 Å². The number of carbonyl (C=O) groups is 1. The molecule has 4 nitrogen and oxygen atoms in total. The largest absolute Gasteiger partial charge is 0.393 e. The maximum Gasteiger partial charge on any atom is 0.317 e. The van der Waals surface area contributed by atoms with Crippen LogP contribution in [-0.2, 0) is 0 Å². The van der Waals surface area contributed by atoms with Gasteiger partial charge in [-0.1, -0.05) is 6.42 Å². The van der Waals surface area contributed by atoms with Crippen LogP contribution in [-0.4, -0.2) is 35.7 Å². The average Bonchev–Trinajstić information content (AvgIpc) is 2.99. The van der Waals surface area contributed by atoms with Crippen molar-refractivity contribution in [2.75, 3.05) is 13.6 Å². The zero-order valence-corrected chi connectivity index (χ0v) is 13.2. The molecule has 1 aromatic heterocycles. The Morgan fingerprint density at radius 3 is 2.85 bits per heavy atom. The molecule has 1 aliphatic carbocycles. The van der Waals surface area contributed by atoms with Crippen LogP contribution < -0.4 is 5.32 Å².